The lowest BCUT2D eigenvalue weighted by Crippen LogP contribution is -2.20. The zero-order valence-electron chi connectivity index (χ0n) is 13.8. The topological polar surface area (TPSA) is 74.6 Å². The Kier molecular flexibility index (Phi) is 12.3. The highest BCUT2D eigenvalue weighted by molar-refractivity contribution is 7.86. The van der Waals surface area contributed by atoms with Gasteiger partial charge in [0.2, 0.25) is 0 Å². The average Bonchev–Trinajstić information content (AvgIpc) is 2.41. The van der Waals surface area contributed by atoms with Gasteiger partial charge in [-0.05, 0) is 25.7 Å². The van der Waals surface area contributed by atoms with Gasteiger partial charge in [0.15, 0.2) is 0 Å². The number of aliphatic hydroxyl groups is 1. The number of unbranched alkanes of at least 4 members (excludes halogenated alkanes) is 5. The zero-order valence-corrected chi connectivity index (χ0v) is 14.6. The van der Waals surface area contributed by atoms with Gasteiger partial charge in [-0.3, -0.25) is 4.55 Å². The maximum Gasteiger partial charge on any atom is 0.267 e. The van der Waals surface area contributed by atoms with E-state index in [-0.39, 0.29) is 6.10 Å². The van der Waals surface area contributed by atoms with E-state index in [4.69, 9.17) is 4.55 Å². The number of hydrogen-bond donors (Lipinski definition) is 2. The van der Waals surface area contributed by atoms with Crippen molar-refractivity contribution in [2.45, 2.75) is 102 Å². The van der Waals surface area contributed by atoms with Crippen LogP contribution in [0.1, 0.15) is 90.9 Å². The molecule has 0 aromatic carbocycles. The fourth-order valence-corrected chi connectivity index (χ4v) is 3.63. The fraction of sp³-hybridized carbons (Fsp3) is 1.00. The van der Waals surface area contributed by atoms with E-state index in [2.05, 4.69) is 6.92 Å². The minimum Gasteiger partial charge on any atom is -0.393 e. The Morgan fingerprint density at radius 3 is 1.81 bits per heavy atom. The number of rotatable bonds is 14. The molecular formula is C16H34O4S. The molecule has 0 rings (SSSR count). The Morgan fingerprint density at radius 2 is 1.29 bits per heavy atom. The van der Waals surface area contributed by atoms with Crippen molar-refractivity contribution in [3.63, 3.8) is 0 Å². The van der Waals surface area contributed by atoms with Gasteiger partial charge < -0.3 is 5.11 Å². The third-order valence-corrected chi connectivity index (χ3v) is 5.30. The molecule has 0 aliphatic carbocycles. The van der Waals surface area contributed by atoms with Crippen LogP contribution in [-0.2, 0) is 10.1 Å². The molecule has 4 nitrogen and oxygen atoms in total. The molecule has 0 bridgehead atoms. The number of aliphatic hydroxyl groups excluding tert-OH is 1. The maximum absolute atomic E-state index is 11.2. The summed E-state index contributed by atoms with van der Waals surface area (Å²) in [5.74, 6) is 0. The second-order valence-corrected chi connectivity index (χ2v) is 7.76. The van der Waals surface area contributed by atoms with Crippen LogP contribution < -0.4 is 0 Å². The van der Waals surface area contributed by atoms with Crippen molar-refractivity contribution in [1.29, 1.82) is 0 Å². The van der Waals surface area contributed by atoms with Crippen LogP contribution >= 0.6 is 0 Å². The van der Waals surface area contributed by atoms with Crippen molar-refractivity contribution in [3.05, 3.63) is 0 Å². The van der Waals surface area contributed by atoms with E-state index in [1.807, 2.05) is 6.92 Å². The summed E-state index contributed by atoms with van der Waals surface area (Å²) in [6, 6.07) is 0. The van der Waals surface area contributed by atoms with Gasteiger partial charge in [0, 0.05) is 0 Å². The van der Waals surface area contributed by atoms with Crippen LogP contribution in [0, 0.1) is 0 Å². The quantitative estimate of drug-likeness (QED) is 0.369. The van der Waals surface area contributed by atoms with Gasteiger partial charge in [-0.1, -0.05) is 65.2 Å². The van der Waals surface area contributed by atoms with Crippen LogP contribution in [0.3, 0.4) is 0 Å². The molecule has 0 heterocycles. The molecule has 0 saturated heterocycles. The summed E-state index contributed by atoms with van der Waals surface area (Å²) in [4.78, 5) is 0. The minimum atomic E-state index is -3.88. The molecule has 0 aliphatic rings. The third-order valence-electron chi connectivity index (χ3n) is 3.99. The molecule has 0 aromatic rings. The maximum atomic E-state index is 11.2. The predicted octanol–water partition coefficient (Wildman–Crippen LogP) is 4.32. The van der Waals surface area contributed by atoms with Crippen LogP contribution in [0.5, 0.6) is 0 Å². The highest BCUT2D eigenvalue weighted by atomic mass is 32.2. The molecule has 0 fully saturated rings. The monoisotopic (exact) mass is 322 g/mol. The smallest absolute Gasteiger partial charge is 0.267 e. The summed E-state index contributed by atoms with van der Waals surface area (Å²) in [6.07, 6.45) is 10.8. The van der Waals surface area contributed by atoms with Gasteiger partial charge >= 0.3 is 0 Å². The van der Waals surface area contributed by atoms with Crippen molar-refractivity contribution < 1.29 is 18.1 Å². The lowest BCUT2D eigenvalue weighted by Gasteiger charge is -2.12. The van der Waals surface area contributed by atoms with Crippen molar-refractivity contribution in [1.82, 2.24) is 0 Å². The second-order valence-electron chi connectivity index (χ2n) is 6.07. The van der Waals surface area contributed by atoms with Gasteiger partial charge in [0.1, 0.15) is 0 Å². The molecule has 0 saturated carbocycles. The summed E-state index contributed by atoms with van der Waals surface area (Å²) in [5, 5.41) is 9.13. The fourth-order valence-electron chi connectivity index (χ4n) is 2.63. The van der Waals surface area contributed by atoms with Gasteiger partial charge in [0.25, 0.3) is 10.1 Å². The van der Waals surface area contributed by atoms with E-state index < -0.39 is 15.4 Å². The van der Waals surface area contributed by atoms with E-state index in [9.17, 15) is 13.5 Å². The molecule has 21 heavy (non-hydrogen) atoms. The van der Waals surface area contributed by atoms with Crippen LogP contribution in [0.2, 0.25) is 0 Å². The molecule has 2 atom stereocenters. The molecule has 0 amide bonds. The molecule has 5 heteroatoms. The van der Waals surface area contributed by atoms with E-state index in [1.54, 1.807) is 0 Å². The van der Waals surface area contributed by atoms with E-state index >= 15 is 0 Å². The Bertz CT molecular complexity index is 327. The van der Waals surface area contributed by atoms with Crippen molar-refractivity contribution in [2.75, 3.05) is 0 Å². The standard InChI is InChI=1S/C16H34O4S/c1-3-5-12-15(17)13-9-7-6-8-10-14-16(11-4-2)21(18,19)20/h15-17H,3-14H2,1-2H3,(H,18,19,20). The molecule has 2 unspecified atom stereocenters. The van der Waals surface area contributed by atoms with E-state index in [0.717, 1.165) is 64.2 Å². The number of hydrogen-bond acceptors (Lipinski definition) is 3. The SMILES string of the molecule is CCCCC(O)CCCCCCCC(CCC)S(=O)(=O)O. The lowest BCUT2D eigenvalue weighted by atomic mass is 10.0. The molecule has 0 spiro atoms. The highest BCUT2D eigenvalue weighted by Crippen LogP contribution is 2.17. The van der Waals surface area contributed by atoms with Gasteiger partial charge in [-0.2, -0.15) is 8.42 Å². The van der Waals surface area contributed by atoms with Crippen molar-refractivity contribution in [2.24, 2.45) is 0 Å². The van der Waals surface area contributed by atoms with E-state index in [1.165, 1.54) is 0 Å². The van der Waals surface area contributed by atoms with Crippen LogP contribution in [0.4, 0.5) is 0 Å². The highest BCUT2D eigenvalue weighted by Gasteiger charge is 2.20. The predicted molar refractivity (Wildman–Crippen MR) is 88.1 cm³/mol. The van der Waals surface area contributed by atoms with Gasteiger partial charge in [-0.25, -0.2) is 0 Å². The first-order valence-corrected chi connectivity index (χ1v) is 10.1. The summed E-state index contributed by atoms with van der Waals surface area (Å²) in [5.41, 5.74) is 0. The third kappa shape index (κ3) is 12.1. The summed E-state index contributed by atoms with van der Waals surface area (Å²) >= 11 is 0. The Morgan fingerprint density at radius 1 is 0.762 bits per heavy atom. The minimum absolute atomic E-state index is 0.154. The lowest BCUT2D eigenvalue weighted by molar-refractivity contribution is 0.148. The molecule has 0 aliphatic heterocycles. The first-order chi connectivity index (χ1) is 9.91. The Labute approximate surface area is 131 Å². The van der Waals surface area contributed by atoms with Gasteiger partial charge in [0.05, 0.1) is 11.4 Å². The Hall–Kier alpha value is -0.130. The average molecular weight is 323 g/mol. The molecule has 0 aromatic heterocycles. The Balaban J connectivity index is 3.58. The first-order valence-electron chi connectivity index (χ1n) is 8.56. The summed E-state index contributed by atoms with van der Waals surface area (Å²) in [6.45, 7) is 4.06. The second kappa shape index (κ2) is 12.4. The van der Waals surface area contributed by atoms with E-state index in [0.29, 0.717) is 12.8 Å². The van der Waals surface area contributed by atoms with Crippen molar-refractivity contribution in [3.8, 4) is 0 Å². The molecule has 128 valence electrons. The molecule has 2 N–H and O–H groups in total. The first kappa shape index (κ1) is 20.9. The zero-order chi connectivity index (χ0) is 16.1. The van der Waals surface area contributed by atoms with Gasteiger partial charge in [-0.15, -0.1) is 0 Å². The molecular weight excluding hydrogens is 288 g/mol. The largest absolute Gasteiger partial charge is 0.393 e. The normalized spacial score (nSPS) is 15.0. The van der Waals surface area contributed by atoms with Crippen molar-refractivity contribution >= 4 is 10.1 Å². The van der Waals surface area contributed by atoms with Crippen LogP contribution in [-0.4, -0.2) is 29.4 Å². The van der Waals surface area contributed by atoms with Crippen LogP contribution in [0.25, 0.3) is 0 Å². The summed E-state index contributed by atoms with van der Waals surface area (Å²) < 4.78 is 31.5. The summed E-state index contributed by atoms with van der Waals surface area (Å²) in [7, 11) is -3.88. The molecule has 0 radical (unpaired) electrons. The van der Waals surface area contributed by atoms with Crippen LogP contribution in [0.15, 0.2) is 0 Å².